The number of para-hydroxylation sites is 1. The van der Waals surface area contributed by atoms with E-state index in [1.807, 2.05) is 36.8 Å². The number of fused-ring (bicyclic) bond motifs is 1. The van der Waals surface area contributed by atoms with Crippen molar-refractivity contribution in [2.45, 2.75) is 49.9 Å². The van der Waals surface area contributed by atoms with Gasteiger partial charge in [0.15, 0.2) is 0 Å². The van der Waals surface area contributed by atoms with Gasteiger partial charge in [-0.3, -0.25) is 14.4 Å². The van der Waals surface area contributed by atoms with Crippen molar-refractivity contribution in [1.82, 2.24) is 20.9 Å². The molecule has 0 aliphatic heterocycles. The van der Waals surface area contributed by atoms with Crippen LogP contribution in [0, 0.1) is 0 Å². The van der Waals surface area contributed by atoms with E-state index in [-0.39, 0.29) is 18.6 Å². The van der Waals surface area contributed by atoms with Crippen molar-refractivity contribution in [3.63, 3.8) is 0 Å². The molecule has 2 aromatic carbocycles. The third-order valence-electron chi connectivity index (χ3n) is 6.94. The molecule has 0 spiro atoms. The number of phenols is 1. The summed E-state index contributed by atoms with van der Waals surface area (Å²) in [7, 11) is 0. The van der Waals surface area contributed by atoms with Gasteiger partial charge in [-0.1, -0.05) is 30.3 Å². The standard InChI is InChI=1S/C30H39N5O6S2/c1-42-13-11-22(31)27(37)33-24(12-14-43-2)28(38)34-25(16-19-17-32-23-6-4-3-5-21(19)23)29(39)35-26(30(40)41)15-18-7-9-20(36)10-8-18/h3-10,17,22,24-26,32,36H,11-16,31H2,1-2H3,(H,33,37)(H,34,38)(H,35,39)(H,40,41). The molecular weight excluding hydrogens is 590 g/mol. The van der Waals surface area contributed by atoms with Crippen molar-refractivity contribution >= 4 is 58.1 Å². The lowest BCUT2D eigenvalue weighted by Gasteiger charge is -2.25. The summed E-state index contributed by atoms with van der Waals surface area (Å²) in [6.45, 7) is 0. The Labute approximate surface area is 259 Å². The van der Waals surface area contributed by atoms with Crippen LogP contribution in [0.1, 0.15) is 24.0 Å². The van der Waals surface area contributed by atoms with Gasteiger partial charge in [0, 0.05) is 29.9 Å². The fourth-order valence-corrected chi connectivity index (χ4v) is 5.46. The van der Waals surface area contributed by atoms with Gasteiger partial charge in [-0.25, -0.2) is 4.79 Å². The second-order valence-electron chi connectivity index (χ2n) is 10.1. The first-order chi connectivity index (χ1) is 20.6. The van der Waals surface area contributed by atoms with E-state index in [9.17, 15) is 29.4 Å². The smallest absolute Gasteiger partial charge is 0.326 e. The highest BCUT2D eigenvalue weighted by atomic mass is 32.2. The number of carboxylic acids is 1. The van der Waals surface area contributed by atoms with Crippen molar-refractivity contribution in [2.24, 2.45) is 5.73 Å². The number of carbonyl (C=O) groups is 4. The van der Waals surface area contributed by atoms with E-state index in [0.717, 1.165) is 16.5 Å². The van der Waals surface area contributed by atoms with E-state index < -0.39 is 47.9 Å². The third-order valence-corrected chi connectivity index (χ3v) is 8.22. The molecule has 0 saturated heterocycles. The summed E-state index contributed by atoms with van der Waals surface area (Å²) >= 11 is 3.08. The zero-order valence-corrected chi connectivity index (χ0v) is 25.8. The van der Waals surface area contributed by atoms with E-state index in [2.05, 4.69) is 20.9 Å². The van der Waals surface area contributed by atoms with E-state index in [1.165, 1.54) is 23.9 Å². The zero-order chi connectivity index (χ0) is 31.4. The fraction of sp³-hybridized carbons (Fsp3) is 0.400. The number of H-pyrrole nitrogens is 1. The Kier molecular flexibility index (Phi) is 13.2. The zero-order valence-electron chi connectivity index (χ0n) is 24.2. The molecule has 0 aliphatic carbocycles. The van der Waals surface area contributed by atoms with Crippen LogP contribution in [0.4, 0.5) is 0 Å². The number of carbonyl (C=O) groups excluding carboxylic acids is 3. The van der Waals surface area contributed by atoms with Crippen LogP contribution in [0.3, 0.4) is 0 Å². The van der Waals surface area contributed by atoms with Gasteiger partial charge in [-0.05, 0) is 66.2 Å². The molecule has 8 N–H and O–H groups in total. The summed E-state index contributed by atoms with van der Waals surface area (Å²) in [6.07, 6.45) is 6.35. The first-order valence-corrected chi connectivity index (χ1v) is 16.6. The molecule has 3 amide bonds. The lowest BCUT2D eigenvalue weighted by molar-refractivity contribution is -0.142. The Morgan fingerprint density at radius 1 is 0.814 bits per heavy atom. The van der Waals surface area contributed by atoms with Crippen molar-refractivity contribution in [3.8, 4) is 5.75 Å². The predicted octanol–water partition coefficient (Wildman–Crippen LogP) is 2.03. The number of carboxylic acid groups (broad SMARTS) is 1. The molecule has 0 aliphatic rings. The van der Waals surface area contributed by atoms with Crippen LogP contribution in [0.5, 0.6) is 5.75 Å². The van der Waals surface area contributed by atoms with Gasteiger partial charge in [0.2, 0.25) is 17.7 Å². The number of nitrogens with one attached hydrogen (secondary N) is 4. The average molecular weight is 630 g/mol. The summed E-state index contributed by atoms with van der Waals surface area (Å²) in [5.74, 6) is -1.64. The quantitative estimate of drug-likeness (QED) is 0.117. The Morgan fingerprint density at radius 2 is 1.42 bits per heavy atom. The highest BCUT2D eigenvalue weighted by molar-refractivity contribution is 7.98. The number of rotatable bonds is 17. The second-order valence-corrected chi connectivity index (χ2v) is 12.1. The minimum atomic E-state index is -1.29. The normalized spacial score (nSPS) is 13.9. The lowest BCUT2D eigenvalue weighted by Crippen LogP contribution is -2.58. The summed E-state index contributed by atoms with van der Waals surface area (Å²) in [5, 5.41) is 28.4. The third kappa shape index (κ3) is 10.2. The monoisotopic (exact) mass is 629 g/mol. The SMILES string of the molecule is CSCCC(N)C(=O)NC(CCSC)C(=O)NC(Cc1c[nH]c2ccccc12)C(=O)NC(Cc1ccc(O)cc1)C(=O)O. The van der Waals surface area contributed by atoms with Crippen LogP contribution in [0.2, 0.25) is 0 Å². The molecule has 0 bridgehead atoms. The second kappa shape index (κ2) is 16.8. The summed E-state index contributed by atoms with van der Waals surface area (Å²) < 4.78 is 0. The molecule has 4 atom stereocenters. The fourth-order valence-electron chi connectivity index (χ4n) is 4.50. The number of amides is 3. The van der Waals surface area contributed by atoms with E-state index >= 15 is 0 Å². The number of aromatic amines is 1. The number of aliphatic carboxylic acids is 1. The van der Waals surface area contributed by atoms with E-state index in [1.54, 1.807) is 30.1 Å². The summed E-state index contributed by atoms with van der Waals surface area (Å²) in [4.78, 5) is 55.2. The molecule has 4 unspecified atom stereocenters. The molecule has 13 heteroatoms. The van der Waals surface area contributed by atoms with E-state index in [0.29, 0.717) is 29.9 Å². The van der Waals surface area contributed by atoms with Crippen LogP contribution in [-0.4, -0.2) is 87.1 Å². The van der Waals surface area contributed by atoms with Crippen molar-refractivity contribution in [2.75, 3.05) is 24.0 Å². The maximum absolute atomic E-state index is 13.6. The van der Waals surface area contributed by atoms with Gasteiger partial charge in [0.25, 0.3) is 0 Å². The molecule has 0 radical (unpaired) electrons. The van der Waals surface area contributed by atoms with Crippen LogP contribution in [0.15, 0.2) is 54.7 Å². The molecule has 3 aromatic rings. The van der Waals surface area contributed by atoms with Gasteiger partial charge in [0.05, 0.1) is 6.04 Å². The number of nitrogens with two attached hydrogens (primary N) is 1. The Bertz CT molecular complexity index is 1380. The van der Waals surface area contributed by atoms with Gasteiger partial charge in [0.1, 0.15) is 23.9 Å². The Balaban J connectivity index is 1.84. The Morgan fingerprint density at radius 3 is 2.09 bits per heavy atom. The highest BCUT2D eigenvalue weighted by Crippen LogP contribution is 2.20. The number of hydrogen-bond donors (Lipinski definition) is 7. The number of hydrogen-bond acceptors (Lipinski definition) is 8. The average Bonchev–Trinajstić information content (AvgIpc) is 3.40. The number of phenolic OH excluding ortho intramolecular Hbond substituents is 1. The molecule has 232 valence electrons. The molecule has 1 heterocycles. The highest BCUT2D eigenvalue weighted by Gasteiger charge is 2.31. The van der Waals surface area contributed by atoms with Crippen molar-refractivity contribution < 1.29 is 29.4 Å². The van der Waals surface area contributed by atoms with Crippen LogP contribution < -0.4 is 21.7 Å². The molecule has 3 rings (SSSR count). The van der Waals surface area contributed by atoms with Crippen LogP contribution in [-0.2, 0) is 32.0 Å². The largest absolute Gasteiger partial charge is 0.508 e. The molecule has 1 aromatic heterocycles. The number of aromatic nitrogens is 1. The number of thioether (sulfide) groups is 2. The molecule has 0 saturated carbocycles. The van der Waals surface area contributed by atoms with Crippen LogP contribution in [0.25, 0.3) is 10.9 Å². The minimum absolute atomic E-state index is 0.0323. The van der Waals surface area contributed by atoms with Crippen molar-refractivity contribution in [3.05, 3.63) is 65.9 Å². The van der Waals surface area contributed by atoms with Gasteiger partial charge in [-0.15, -0.1) is 0 Å². The van der Waals surface area contributed by atoms with Crippen molar-refractivity contribution in [1.29, 1.82) is 0 Å². The number of aromatic hydroxyl groups is 1. The topological polar surface area (TPSA) is 187 Å². The van der Waals surface area contributed by atoms with Gasteiger partial charge < -0.3 is 36.9 Å². The Hall–Kier alpha value is -3.68. The van der Waals surface area contributed by atoms with Crippen LogP contribution >= 0.6 is 23.5 Å². The lowest BCUT2D eigenvalue weighted by atomic mass is 10.0. The maximum atomic E-state index is 13.6. The number of benzene rings is 2. The predicted molar refractivity (Wildman–Crippen MR) is 171 cm³/mol. The molecule has 11 nitrogen and oxygen atoms in total. The first kappa shape index (κ1) is 33.8. The summed E-state index contributed by atoms with van der Waals surface area (Å²) in [6, 6.07) is 9.38. The van der Waals surface area contributed by atoms with Gasteiger partial charge in [-0.2, -0.15) is 23.5 Å². The molecule has 0 fully saturated rings. The van der Waals surface area contributed by atoms with E-state index in [4.69, 9.17) is 5.73 Å². The minimum Gasteiger partial charge on any atom is -0.508 e. The van der Waals surface area contributed by atoms with Gasteiger partial charge >= 0.3 is 5.97 Å². The first-order valence-electron chi connectivity index (χ1n) is 13.8. The maximum Gasteiger partial charge on any atom is 0.326 e. The molecule has 43 heavy (non-hydrogen) atoms. The molecular formula is C30H39N5O6S2. The summed E-state index contributed by atoms with van der Waals surface area (Å²) in [5.41, 5.74) is 8.23.